The van der Waals surface area contributed by atoms with Crippen LogP contribution in [0.25, 0.3) is 0 Å². The third kappa shape index (κ3) is 3.99. The molecule has 0 radical (unpaired) electrons. The molecule has 2 N–H and O–H groups in total. The summed E-state index contributed by atoms with van der Waals surface area (Å²) in [6.07, 6.45) is 7.34. The standard InChI is InChI=1S/C11H12N2O4/c1-2-3-4-5-6-12-10(14)8-7-9(11(15)16)17-13-8/h1,7H,3-6H2,(H,12,14)(H,15,16). The Bertz CT molecular complexity index is 445. The molecular weight excluding hydrogens is 224 g/mol. The van der Waals surface area contributed by atoms with Crippen LogP contribution >= 0.6 is 0 Å². The number of carboxylic acid groups (broad SMARTS) is 1. The summed E-state index contributed by atoms with van der Waals surface area (Å²) in [5.74, 6) is 0.424. The van der Waals surface area contributed by atoms with Gasteiger partial charge in [0.1, 0.15) is 0 Å². The number of amides is 1. The van der Waals surface area contributed by atoms with Crippen molar-refractivity contribution in [3.63, 3.8) is 0 Å². The van der Waals surface area contributed by atoms with Gasteiger partial charge in [0.05, 0.1) is 0 Å². The van der Waals surface area contributed by atoms with E-state index >= 15 is 0 Å². The molecule has 0 saturated carbocycles. The zero-order chi connectivity index (χ0) is 12.7. The van der Waals surface area contributed by atoms with E-state index in [2.05, 4.69) is 20.9 Å². The van der Waals surface area contributed by atoms with Gasteiger partial charge in [-0.25, -0.2) is 4.79 Å². The second-order valence-electron chi connectivity index (χ2n) is 3.30. The molecule has 0 aliphatic heterocycles. The summed E-state index contributed by atoms with van der Waals surface area (Å²) in [6, 6.07) is 1.08. The lowest BCUT2D eigenvalue weighted by Crippen LogP contribution is -2.24. The fourth-order valence-corrected chi connectivity index (χ4v) is 1.13. The highest BCUT2D eigenvalue weighted by Crippen LogP contribution is 2.03. The van der Waals surface area contributed by atoms with Crippen LogP contribution in [0.2, 0.25) is 0 Å². The van der Waals surface area contributed by atoms with Crippen LogP contribution in [-0.2, 0) is 0 Å². The second-order valence-corrected chi connectivity index (χ2v) is 3.30. The Kier molecular flexibility index (Phi) is 4.76. The summed E-state index contributed by atoms with van der Waals surface area (Å²) in [6.45, 7) is 0.468. The minimum atomic E-state index is -1.26. The van der Waals surface area contributed by atoms with Crippen LogP contribution in [0.15, 0.2) is 10.6 Å². The van der Waals surface area contributed by atoms with Crippen molar-refractivity contribution in [2.45, 2.75) is 19.3 Å². The van der Waals surface area contributed by atoms with Gasteiger partial charge in [-0.3, -0.25) is 4.79 Å². The van der Waals surface area contributed by atoms with Gasteiger partial charge in [-0.2, -0.15) is 0 Å². The number of carboxylic acids is 1. The van der Waals surface area contributed by atoms with Crippen molar-refractivity contribution in [1.82, 2.24) is 10.5 Å². The minimum Gasteiger partial charge on any atom is -0.475 e. The first-order chi connectivity index (χ1) is 8.15. The molecule has 1 heterocycles. The number of carbonyl (C=O) groups is 2. The quantitative estimate of drug-likeness (QED) is 0.565. The van der Waals surface area contributed by atoms with Crippen molar-refractivity contribution in [3.8, 4) is 12.3 Å². The topological polar surface area (TPSA) is 92.4 Å². The zero-order valence-electron chi connectivity index (χ0n) is 9.10. The van der Waals surface area contributed by atoms with Crippen molar-refractivity contribution in [3.05, 3.63) is 17.5 Å². The van der Waals surface area contributed by atoms with Crippen LogP contribution in [0.4, 0.5) is 0 Å². The molecule has 90 valence electrons. The van der Waals surface area contributed by atoms with Gasteiger partial charge in [0.15, 0.2) is 5.69 Å². The SMILES string of the molecule is C#CCCCCNC(=O)c1cc(C(=O)O)on1. The molecule has 0 atom stereocenters. The highest BCUT2D eigenvalue weighted by molar-refractivity contribution is 5.94. The van der Waals surface area contributed by atoms with Gasteiger partial charge in [-0.05, 0) is 12.8 Å². The van der Waals surface area contributed by atoms with Crippen molar-refractivity contribution in [1.29, 1.82) is 0 Å². The van der Waals surface area contributed by atoms with E-state index in [9.17, 15) is 9.59 Å². The van der Waals surface area contributed by atoms with Gasteiger partial charge in [-0.1, -0.05) is 5.16 Å². The first-order valence-corrected chi connectivity index (χ1v) is 5.07. The number of aromatic nitrogens is 1. The number of hydrogen-bond donors (Lipinski definition) is 2. The molecule has 6 nitrogen and oxygen atoms in total. The molecule has 0 saturated heterocycles. The average Bonchev–Trinajstić information content (AvgIpc) is 2.78. The normalized spacial score (nSPS) is 9.59. The number of hydrogen-bond acceptors (Lipinski definition) is 4. The number of aromatic carboxylic acids is 1. The van der Waals surface area contributed by atoms with Gasteiger partial charge in [0.25, 0.3) is 5.91 Å². The van der Waals surface area contributed by atoms with Gasteiger partial charge in [0, 0.05) is 19.0 Å². The first kappa shape index (κ1) is 12.8. The van der Waals surface area contributed by atoms with E-state index in [0.717, 1.165) is 18.9 Å². The monoisotopic (exact) mass is 236 g/mol. The van der Waals surface area contributed by atoms with E-state index in [1.807, 2.05) is 0 Å². The Hall–Kier alpha value is -2.29. The molecule has 1 aromatic heterocycles. The van der Waals surface area contributed by atoms with Gasteiger partial charge in [-0.15, -0.1) is 12.3 Å². The summed E-state index contributed by atoms with van der Waals surface area (Å²) >= 11 is 0. The average molecular weight is 236 g/mol. The maximum atomic E-state index is 11.4. The van der Waals surface area contributed by atoms with E-state index in [1.165, 1.54) is 0 Å². The summed E-state index contributed by atoms with van der Waals surface area (Å²) in [4.78, 5) is 21.9. The van der Waals surface area contributed by atoms with E-state index in [-0.39, 0.29) is 11.5 Å². The van der Waals surface area contributed by atoms with Crippen LogP contribution in [0, 0.1) is 12.3 Å². The van der Waals surface area contributed by atoms with E-state index in [1.54, 1.807) is 0 Å². The largest absolute Gasteiger partial charge is 0.475 e. The molecule has 1 amide bonds. The summed E-state index contributed by atoms with van der Waals surface area (Å²) in [5.41, 5.74) is -0.0423. The number of carbonyl (C=O) groups excluding carboxylic acids is 1. The number of nitrogens with zero attached hydrogens (tertiary/aromatic N) is 1. The molecule has 0 fully saturated rings. The number of unbranched alkanes of at least 4 members (excludes halogenated alkanes) is 2. The predicted molar refractivity (Wildman–Crippen MR) is 58.5 cm³/mol. The van der Waals surface area contributed by atoms with Crippen LogP contribution in [0.5, 0.6) is 0 Å². The molecule has 17 heavy (non-hydrogen) atoms. The van der Waals surface area contributed by atoms with Crippen molar-refractivity contribution >= 4 is 11.9 Å². The summed E-state index contributed by atoms with van der Waals surface area (Å²) < 4.78 is 4.46. The van der Waals surface area contributed by atoms with E-state index in [4.69, 9.17) is 11.5 Å². The predicted octanol–water partition coefficient (Wildman–Crippen LogP) is 0.906. The fraction of sp³-hybridized carbons (Fsp3) is 0.364. The Morgan fingerprint density at radius 3 is 2.88 bits per heavy atom. The lowest BCUT2D eigenvalue weighted by Gasteiger charge is -2.00. The third-order valence-corrected chi connectivity index (χ3v) is 1.99. The minimum absolute atomic E-state index is 0.0423. The second kappa shape index (κ2) is 6.33. The molecule has 1 rings (SSSR count). The molecule has 0 unspecified atom stereocenters. The van der Waals surface area contributed by atoms with Crippen LogP contribution < -0.4 is 5.32 Å². The Labute approximate surface area is 98.0 Å². The Morgan fingerprint density at radius 1 is 1.53 bits per heavy atom. The summed E-state index contributed by atoms with van der Waals surface area (Å²) in [7, 11) is 0. The molecule has 6 heteroatoms. The van der Waals surface area contributed by atoms with Crippen molar-refractivity contribution in [2.24, 2.45) is 0 Å². The molecule has 0 bridgehead atoms. The number of rotatable bonds is 6. The fourth-order valence-electron chi connectivity index (χ4n) is 1.13. The van der Waals surface area contributed by atoms with Crippen LogP contribution in [0.3, 0.4) is 0 Å². The first-order valence-electron chi connectivity index (χ1n) is 5.07. The Morgan fingerprint density at radius 2 is 2.29 bits per heavy atom. The molecule has 1 aromatic rings. The van der Waals surface area contributed by atoms with Crippen molar-refractivity contribution < 1.29 is 19.2 Å². The molecule has 0 aliphatic rings. The van der Waals surface area contributed by atoms with Gasteiger partial charge < -0.3 is 14.9 Å². The zero-order valence-corrected chi connectivity index (χ0v) is 9.10. The lowest BCUT2D eigenvalue weighted by atomic mass is 10.2. The molecule has 0 spiro atoms. The van der Waals surface area contributed by atoms with Gasteiger partial charge in [0.2, 0.25) is 5.76 Å². The van der Waals surface area contributed by atoms with Crippen LogP contribution in [-0.4, -0.2) is 28.7 Å². The maximum Gasteiger partial charge on any atom is 0.374 e. The maximum absolute atomic E-state index is 11.4. The van der Waals surface area contributed by atoms with E-state index < -0.39 is 11.9 Å². The van der Waals surface area contributed by atoms with Gasteiger partial charge >= 0.3 is 5.97 Å². The molecule has 0 aromatic carbocycles. The summed E-state index contributed by atoms with van der Waals surface area (Å²) in [5, 5.41) is 14.5. The highest BCUT2D eigenvalue weighted by atomic mass is 16.5. The Balaban J connectivity index is 2.37. The van der Waals surface area contributed by atoms with Crippen molar-refractivity contribution in [2.75, 3.05) is 6.54 Å². The molecule has 0 aliphatic carbocycles. The number of nitrogens with one attached hydrogen (secondary N) is 1. The highest BCUT2D eigenvalue weighted by Gasteiger charge is 2.15. The lowest BCUT2D eigenvalue weighted by molar-refractivity contribution is 0.0651. The van der Waals surface area contributed by atoms with E-state index in [0.29, 0.717) is 13.0 Å². The molecular formula is C11H12N2O4. The smallest absolute Gasteiger partial charge is 0.374 e. The third-order valence-electron chi connectivity index (χ3n) is 1.99. The van der Waals surface area contributed by atoms with Crippen LogP contribution in [0.1, 0.15) is 40.3 Å². The number of terminal acetylenes is 1.